The molecule has 7 heteroatoms. The Morgan fingerprint density at radius 1 is 1.21 bits per heavy atom. The van der Waals surface area contributed by atoms with E-state index in [9.17, 15) is 10.0 Å². The lowest BCUT2D eigenvalue weighted by Crippen LogP contribution is -2.55. The van der Waals surface area contributed by atoms with Gasteiger partial charge in [-0.05, 0) is 19.4 Å². The molecule has 4 rings (SSSR count). The maximum Gasteiger partial charge on any atom is 0.214 e. The lowest BCUT2D eigenvalue weighted by Gasteiger charge is -2.38. The van der Waals surface area contributed by atoms with Crippen LogP contribution in [0.2, 0.25) is 5.02 Å². The summed E-state index contributed by atoms with van der Waals surface area (Å²) >= 11 is 6.49. The number of halogens is 1. The summed E-state index contributed by atoms with van der Waals surface area (Å²) in [5.41, 5.74) is 3.46. The number of aromatic nitrogens is 1. The predicted octanol–water partition coefficient (Wildman–Crippen LogP) is 3.66. The van der Waals surface area contributed by atoms with Crippen LogP contribution in [-0.2, 0) is 12.8 Å². The van der Waals surface area contributed by atoms with Crippen LogP contribution in [0.3, 0.4) is 0 Å². The third-order valence-electron chi connectivity index (χ3n) is 6.68. The summed E-state index contributed by atoms with van der Waals surface area (Å²) in [5.74, 6) is 0.665. The van der Waals surface area contributed by atoms with E-state index in [1.807, 2.05) is 27.7 Å². The van der Waals surface area contributed by atoms with E-state index in [0.717, 1.165) is 21.4 Å². The van der Waals surface area contributed by atoms with E-state index in [-0.39, 0.29) is 16.7 Å². The molecule has 154 valence electrons. The highest BCUT2D eigenvalue weighted by atomic mass is 35.5. The fourth-order valence-corrected chi connectivity index (χ4v) is 4.88. The topological polar surface area (TPSA) is 71.7 Å². The van der Waals surface area contributed by atoms with Gasteiger partial charge in [-0.15, -0.1) is 0 Å². The zero-order valence-electron chi connectivity index (χ0n) is 17.4. The molecule has 0 saturated carbocycles. The Labute approximate surface area is 174 Å². The number of carbonyl (C=O) groups excluding carboxylic acids is 1. The van der Waals surface area contributed by atoms with Gasteiger partial charge in [-0.25, -0.2) is 0 Å². The molecule has 0 fully saturated rings. The van der Waals surface area contributed by atoms with E-state index in [1.54, 1.807) is 6.07 Å². The molecule has 1 spiro atoms. The fraction of sp³-hybridized carbons (Fsp3) is 0.455. The van der Waals surface area contributed by atoms with Gasteiger partial charge < -0.3 is 19.4 Å². The largest absolute Gasteiger partial charge is 0.618 e. The number of rotatable bonds is 2. The standard InChI is InChI=1S/C22H24ClNO5/c1-10-7-15-14(12(3)11(2)13(4)24(15)26)9-22(10)21(25)18-16(27-5)8-17(28-6)19(23)20(18)29-22/h8,10H,7,9H2,1-6H3/t10-,22-/m1/s1. The van der Waals surface area contributed by atoms with Crippen molar-refractivity contribution in [2.45, 2.75) is 46.1 Å². The molecule has 1 aromatic heterocycles. The third-order valence-corrected chi connectivity index (χ3v) is 7.04. The molecule has 0 bridgehead atoms. The van der Waals surface area contributed by atoms with Crippen molar-refractivity contribution in [2.75, 3.05) is 14.2 Å². The van der Waals surface area contributed by atoms with Gasteiger partial charge in [-0.2, -0.15) is 4.73 Å². The molecule has 1 aliphatic carbocycles. The van der Waals surface area contributed by atoms with Crippen molar-refractivity contribution in [3.63, 3.8) is 0 Å². The first-order chi connectivity index (χ1) is 13.7. The fourth-order valence-electron chi connectivity index (χ4n) is 4.61. The van der Waals surface area contributed by atoms with E-state index >= 15 is 0 Å². The normalized spacial score (nSPS) is 22.3. The molecule has 2 heterocycles. The van der Waals surface area contributed by atoms with Crippen LogP contribution in [0, 0.1) is 31.9 Å². The van der Waals surface area contributed by atoms with Crippen molar-refractivity contribution in [3.8, 4) is 17.2 Å². The average Bonchev–Trinajstić information content (AvgIpc) is 3.01. The minimum absolute atomic E-state index is 0.165. The van der Waals surface area contributed by atoms with Gasteiger partial charge in [0.2, 0.25) is 5.78 Å². The zero-order valence-corrected chi connectivity index (χ0v) is 18.2. The average molecular weight is 418 g/mol. The van der Waals surface area contributed by atoms with Gasteiger partial charge in [0.15, 0.2) is 22.7 Å². The lowest BCUT2D eigenvalue weighted by molar-refractivity contribution is -0.622. The van der Waals surface area contributed by atoms with Gasteiger partial charge in [0.25, 0.3) is 0 Å². The monoisotopic (exact) mass is 417 g/mol. The molecule has 2 aliphatic rings. The van der Waals surface area contributed by atoms with Crippen molar-refractivity contribution in [2.24, 2.45) is 5.92 Å². The first-order valence-electron chi connectivity index (χ1n) is 9.57. The summed E-state index contributed by atoms with van der Waals surface area (Å²) < 4.78 is 18.1. The SMILES string of the molecule is COc1cc(OC)c2c(c1Cl)O[C@@]1(Cc3c(C)c(C)c(C)[n+]([O-])c3C[C@H]1C)C2=O. The number of hydrogen-bond acceptors (Lipinski definition) is 5. The lowest BCUT2D eigenvalue weighted by atomic mass is 9.71. The molecule has 2 atom stereocenters. The summed E-state index contributed by atoms with van der Waals surface area (Å²) in [7, 11) is 3.00. The van der Waals surface area contributed by atoms with Gasteiger partial charge in [-0.1, -0.05) is 18.5 Å². The molecule has 0 N–H and O–H groups in total. The maximum atomic E-state index is 13.7. The minimum atomic E-state index is -1.13. The number of nitrogens with zero attached hydrogens (tertiary/aromatic N) is 1. The first-order valence-corrected chi connectivity index (χ1v) is 9.95. The number of methoxy groups -OCH3 is 2. The molecule has 0 radical (unpaired) electrons. The van der Waals surface area contributed by atoms with Crippen LogP contribution >= 0.6 is 11.6 Å². The van der Waals surface area contributed by atoms with Gasteiger partial charge >= 0.3 is 0 Å². The highest BCUT2D eigenvalue weighted by Gasteiger charge is 2.57. The highest BCUT2D eigenvalue weighted by molar-refractivity contribution is 6.35. The molecule has 6 nitrogen and oxygen atoms in total. The predicted molar refractivity (Wildman–Crippen MR) is 108 cm³/mol. The van der Waals surface area contributed by atoms with E-state index in [2.05, 4.69) is 0 Å². The van der Waals surface area contributed by atoms with Gasteiger partial charge in [-0.3, -0.25) is 4.79 Å². The van der Waals surface area contributed by atoms with E-state index in [4.69, 9.17) is 25.8 Å². The number of Topliss-reactive ketones (excluding diaryl/α,β-unsaturated/α-hetero) is 1. The molecule has 2 aromatic rings. The third kappa shape index (κ3) is 2.48. The molecular weight excluding hydrogens is 394 g/mol. The number of fused-ring (bicyclic) bond motifs is 2. The molecule has 29 heavy (non-hydrogen) atoms. The second-order valence-corrected chi connectivity index (χ2v) is 8.33. The highest BCUT2D eigenvalue weighted by Crippen LogP contribution is 2.53. The Morgan fingerprint density at radius 3 is 2.48 bits per heavy atom. The van der Waals surface area contributed by atoms with Crippen LogP contribution in [0.5, 0.6) is 17.2 Å². The number of pyridine rings is 1. The second kappa shape index (κ2) is 6.52. The van der Waals surface area contributed by atoms with E-state index < -0.39 is 5.60 Å². The van der Waals surface area contributed by atoms with Crippen molar-refractivity contribution >= 4 is 17.4 Å². The van der Waals surface area contributed by atoms with Crippen LogP contribution in [0.4, 0.5) is 0 Å². The maximum absolute atomic E-state index is 13.7. The van der Waals surface area contributed by atoms with E-state index in [1.165, 1.54) is 14.2 Å². The minimum Gasteiger partial charge on any atom is -0.618 e. The van der Waals surface area contributed by atoms with Crippen molar-refractivity contribution in [1.82, 2.24) is 0 Å². The Hall–Kier alpha value is -2.47. The number of carbonyl (C=O) groups is 1. The van der Waals surface area contributed by atoms with Crippen molar-refractivity contribution in [3.05, 3.63) is 49.9 Å². The number of hydrogen-bond donors (Lipinski definition) is 0. The Balaban J connectivity index is 1.91. The van der Waals surface area contributed by atoms with Crippen LogP contribution < -0.4 is 18.9 Å². The van der Waals surface area contributed by atoms with Gasteiger partial charge in [0, 0.05) is 42.9 Å². The summed E-state index contributed by atoms with van der Waals surface area (Å²) in [6, 6.07) is 1.60. The number of benzene rings is 1. The summed E-state index contributed by atoms with van der Waals surface area (Å²) in [5, 5.41) is 13.1. The quantitative estimate of drug-likeness (QED) is 0.550. The molecule has 1 aromatic carbocycles. The molecule has 0 saturated heterocycles. The Bertz CT molecular complexity index is 1060. The van der Waals surface area contributed by atoms with Gasteiger partial charge in [0.05, 0.1) is 14.2 Å². The van der Waals surface area contributed by atoms with Crippen molar-refractivity contribution in [1.29, 1.82) is 0 Å². The molecule has 0 unspecified atom stereocenters. The summed E-state index contributed by atoms with van der Waals surface area (Å²) in [4.78, 5) is 13.7. The Kier molecular flexibility index (Phi) is 4.46. The smallest absolute Gasteiger partial charge is 0.214 e. The first kappa shape index (κ1) is 19.8. The van der Waals surface area contributed by atoms with Crippen LogP contribution in [-0.4, -0.2) is 25.6 Å². The summed E-state index contributed by atoms with van der Waals surface area (Å²) in [6.45, 7) is 7.69. The van der Waals surface area contributed by atoms with E-state index in [0.29, 0.717) is 47.0 Å². The molecule has 0 amide bonds. The van der Waals surface area contributed by atoms with Crippen LogP contribution in [0.25, 0.3) is 0 Å². The van der Waals surface area contributed by atoms with Crippen LogP contribution in [0.1, 0.15) is 45.4 Å². The molecule has 1 aliphatic heterocycles. The Morgan fingerprint density at radius 2 is 1.86 bits per heavy atom. The zero-order chi connectivity index (χ0) is 21.2. The molecular formula is C22H24ClNO5. The van der Waals surface area contributed by atoms with Gasteiger partial charge in [0.1, 0.15) is 22.1 Å². The number of ether oxygens (including phenoxy) is 3. The number of ketones is 1. The van der Waals surface area contributed by atoms with Crippen molar-refractivity contribution < 1.29 is 23.7 Å². The summed E-state index contributed by atoms with van der Waals surface area (Å²) in [6.07, 6.45) is 0.756. The van der Waals surface area contributed by atoms with Crippen LogP contribution in [0.15, 0.2) is 6.07 Å². The second-order valence-electron chi connectivity index (χ2n) is 7.96.